The summed E-state index contributed by atoms with van der Waals surface area (Å²) in [6.07, 6.45) is 0. The van der Waals surface area contributed by atoms with Crippen LogP contribution in [-0.4, -0.2) is 10.2 Å². The quantitative estimate of drug-likeness (QED) is 0.316. The molecule has 0 amide bonds. The van der Waals surface area contributed by atoms with Crippen LogP contribution in [0.5, 0.6) is 0 Å². The fraction of sp³-hybridized carbons (Fsp3) is 1.00. The molecule has 0 fully saturated rings. The standard InChI is InChI=1S/CH6Si.I3/c1-2;1-3-2/h1-2H3;/q;-1. The Morgan fingerprint density at radius 1 is 1.40 bits per heavy atom. The van der Waals surface area contributed by atoms with E-state index < -0.39 is 0 Å². The zero-order chi connectivity index (χ0) is 4.71. The topological polar surface area (TPSA) is 0 Å². The van der Waals surface area contributed by atoms with Crippen molar-refractivity contribution in [1.29, 1.82) is 0 Å². The van der Waals surface area contributed by atoms with Crippen molar-refractivity contribution >= 4 is 47.5 Å². The van der Waals surface area contributed by atoms with Gasteiger partial charge in [0.05, 0.1) is 0 Å². The van der Waals surface area contributed by atoms with Gasteiger partial charge < -0.3 is 0 Å². The van der Waals surface area contributed by atoms with E-state index in [4.69, 9.17) is 0 Å². The Morgan fingerprint density at radius 2 is 1.40 bits per heavy atom. The predicted molar refractivity (Wildman–Crippen MR) is 43.8 cm³/mol. The molecule has 0 aliphatic rings. The van der Waals surface area contributed by atoms with Crippen LogP contribution in [0, 0.1) is 0 Å². The van der Waals surface area contributed by atoms with Crippen LogP contribution in [0.1, 0.15) is 0 Å². The molecule has 0 radical (unpaired) electrons. The Balaban J connectivity index is 0. The monoisotopic (exact) mass is 427 g/mol. The minimum atomic E-state index is 0.530. The Bertz CT molecular complexity index is 6.85. The van der Waals surface area contributed by atoms with Gasteiger partial charge in [-0.3, -0.25) is 0 Å². The Morgan fingerprint density at radius 3 is 1.40 bits per heavy atom. The fourth-order valence-electron chi connectivity index (χ4n) is 0. The summed E-state index contributed by atoms with van der Waals surface area (Å²) in [5.74, 6) is 0. The average Bonchev–Trinajstić information content (AvgIpc) is 1.46. The van der Waals surface area contributed by atoms with E-state index >= 15 is 0 Å². The molecule has 36 valence electrons. The van der Waals surface area contributed by atoms with Gasteiger partial charge in [-0.1, -0.05) is 6.55 Å². The maximum absolute atomic E-state index is 2.39. The van der Waals surface area contributed by atoms with E-state index in [0.717, 1.165) is 0 Å². The van der Waals surface area contributed by atoms with Gasteiger partial charge >= 0.3 is 50.5 Å². The third-order valence-corrected chi connectivity index (χ3v) is 0. The summed E-state index contributed by atoms with van der Waals surface area (Å²) in [6.45, 7) is 2.14. The predicted octanol–water partition coefficient (Wildman–Crippen LogP) is -1.82. The van der Waals surface area contributed by atoms with Gasteiger partial charge in [-0.15, -0.1) is 0 Å². The van der Waals surface area contributed by atoms with Crippen molar-refractivity contribution in [3.63, 3.8) is 0 Å². The van der Waals surface area contributed by atoms with Crippen LogP contribution in [0.3, 0.4) is 0 Å². The second kappa shape index (κ2) is 16.1. The second-order valence-corrected chi connectivity index (χ2v) is 16.3. The molecule has 0 rings (SSSR count). The molecule has 0 spiro atoms. The van der Waals surface area contributed by atoms with Crippen LogP contribution in [-0.2, 0) is 0 Å². The van der Waals surface area contributed by atoms with E-state index in [0.29, 0.717) is 13.3 Å². The number of rotatable bonds is 0. The molecule has 0 atom stereocenters. The summed E-state index contributed by atoms with van der Waals surface area (Å²) in [5.41, 5.74) is 0. The molecule has 4 heteroatoms. The first kappa shape index (κ1) is 10.4. The van der Waals surface area contributed by atoms with Crippen molar-refractivity contribution < 1.29 is 13.3 Å². The second-order valence-electron chi connectivity index (χ2n) is 0.0540. The average molecular weight is 427 g/mol. The Hall–Kier alpha value is 2.41. The minimum absolute atomic E-state index is 0.530. The van der Waals surface area contributed by atoms with Crippen LogP contribution in [0.15, 0.2) is 0 Å². The van der Waals surface area contributed by atoms with Crippen molar-refractivity contribution in [1.82, 2.24) is 0 Å². The van der Waals surface area contributed by atoms with Gasteiger partial charge in [0.2, 0.25) is 0 Å². The van der Waals surface area contributed by atoms with Crippen LogP contribution in [0.2, 0.25) is 6.55 Å². The summed E-state index contributed by atoms with van der Waals surface area (Å²) in [5, 5.41) is 0. The maximum atomic E-state index is 2.39. The van der Waals surface area contributed by atoms with E-state index in [1.165, 1.54) is 10.2 Å². The molecule has 0 unspecified atom stereocenters. The molecule has 0 heterocycles. The van der Waals surface area contributed by atoms with Crippen LogP contribution >= 0.6 is 37.2 Å². The van der Waals surface area contributed by atoms with E-state index in [1.54, 1.807) is 0 Å². The van der Waals surface area contributed by atoms with Gasteiger partial charge in [-0.2, -0.15) is 0 Å². The summed E-state index contributed by atoms with van der Waals surface area (Å²) < 4.78 is 0. The number of hydrogen-bond donors (Lipinski definition) is 0. The molecule has 0 saturated heterocycles. The fourth-order valence-corrected chi connectivity index (χ4v) is 0. The zero-order valence-corrected chi connectivity index (χ0v) is 11.6. The Labute approximate surface area is 65.9 Å². The van der Waals surface area contributed by atoms with Gasteiger partial charge in [0.15, 0.2) is 0 Å². The number of hydrogen-bond acceptors (Lipinski definition) is 0. The molecular formula is CH6I3Si-. The molecule has 0 nitrogen and oxygen atoms in total. The van der Waals surface area contributed by atoms with Gasteiger partial charge in [-0.25, -0.2) is 0 Å². The molecule has 0 aromatic rings. The van der Waals surface area contributed by atoms with Crippen LogP contribution in [0.4, 0.5) is 0 Å². The van der Waals surface area contributed by atoms with Crippen LogP contribution < -0.4 is 13.3 Å². The molecular weight excluding hydrogens is 421 g/mol. The zero-order valence-electron chi connectivity index (χ0n) is 3.13. The summed E-state index contributed by atoms with van der Waals surface area (Å²) in [7, 11) is 1.31. The van der Waals surface area contributed by atoms with Crippen molar-refractivity contribution in [3.8, 4) is 0 Å². The van der Waals surface area contributed by atoms with E-state index in [9.17, 15) is 0 Å². The molecule has 0 aliphatic carbocycles. The molecule has 0 aromatic carbocycles. The summed E-state index contributed by atoms with van der Waals surface area (Å²) >= 11 is 5.30. The molecule has 0 bridgehead atoms. The van der Waals surface area contributed by atoms with Gasteiger partial charge in [0, 0.05) is 0 Å². The molecule has 0 N–H and O–H groups in total. The first-order valence-electron chi connectivity index (χ1n) is 1.29. The van der Waals surface area contributed by atoms with Crippen molar-refractivity contribution in [2.24, 2.45) is 0 Å². The summed E-state index contributed by atoms with van der Waals surface area (Å²) in [4.78, 5) is 0. The normalized spacial score (nSPS) is 6.20. The van der Waals surface area contributed by atoms with Crippen molar-refractivity contribution in [2.75, 3.05) is 0 Å². The van der Waals surface area contributed by atoms with Gasteiger partial charge in [-0.05, 0) is 10.2 Å². The van der Waals surface area contributed by atoms with Gasteiger partial charge in [0.25, 0.3) is 0 Å². The SMILES string of the molecule is C[SiH3].I[I-]I. The van der Waals surface area contributed by atoms with Crippen LogP contribution in [0.25, 0.3) is 0 Å². The van der Waals surface area contributed by atoms with Crippen molar-refractivity contribution in [2.45, 2.75) is 6.55 Å². The van der Waals surface area contributed by atoms with Gasteiger partial charge in [0.1, 0.15) is 0 Å². The third-order valence-electron chi connectivity index (χ3n) is 0. The van der Waals surface area contributed by atoms with E-state index in [-0.39, 0.29) is 0 Å². The molecule has 0 aliphatic heterocycles. The van der Waals surface area contributed by atoms with E-state index in [2.05, 4.69) is 43.8 Å². The molecule has 5 heavy (non-hydrogen) atoms. The first-order chi connectivity index (χ1) is 2.41. The number of halogens is 3. The first-order valence-corrected chi connectivity index (χ1v) is 15.9. The van der Waals surface area contributed by atoms with Crippen molar-refractivity contribution in [3.05, 3.63) is 0 Å². The third kappa shape index (κ3) is 21.5. The summed E-state index contributed by atoms with van der Waals surface area (Å²) in [6, 6.07) is 0. The molecule has 0 saturated carbocycles. The van der Waals surface area contributed by atoms with E-state index in [1.807, 2.05) is 0 Å². The molecule has 0 aromatic heterocycles. The Kier molecular flexibility index (Phi) is 33.6.